The van der Waals surface area contributed by atoms with Crippen LogP contribution in [0.5, 0.6) is 0 Å². The van der Waals surface area contributed by atoms with E-state index in [-0.39, 0.29) is 0 Å². The first kappa shape index (κ1) is 18.7. The molecule has 0 radical (unpaired) electrons. The van der Waals surface area contributed by atoms with Gasteiger partial charge in [-0.1, -0.05) is 73.5 Å². The minimum absolute atomic E-state index is 0.445. The van der Waals surface area contributed by atoms with Crippen molar-refractivity contribution in [1.29, 1.82) is 0 Å². The van der Waals surface area contributed by atoms with Crippen LogP contribution in [0.3, 0.4) is 0 Å². The summed E-state index contributed by atoms with van der Waals surface area (Å²) in [5, 5.41) is 11.3. The third kappa shape index (κ3) is 4.80. The number of unbranched alkanes of at least 4 members (excludes halogenated alkanes) is 1. The lowest BCUT2D eigenvalue weighted by atomic mass is 9.73. The van der Waals surface area contributed by atoms with Crippen LogP contribution in [-0.2, 0) is 13.0 Å². The zero-order chi connectivity index (χ0) is 18.5. The van der Waals surface area contributed by atoms with Crippen LogP contribution >= 0.6 is 0 Å². The molecule has 2 heterocycles. The highest BCUT2D eigenvalue weighted by Gasteiger charge is 2.44. The average molecular weight is 364 g/mol. The summed E-state index contributed by atoms with van der Waals surface area (Å²) in [6.07, 6.45) is 10.1. The molecule has 2 fully saturated rings. The smallest absolute Gasteiger partial charge is 0.0677 e. The first-order valence-electron chi connectivity index (χ1n) is 10.8. The topological polar surface area (TPSA) is 23.5 Å². The highest BCUT2D eigenvalue weighted by Crippen LogP contribution is 2.42. The molecule has 2 aliphatic heterocycles. The van der Waals surface area contributed by atoms with Gasteiger partial charge in [-0.15, -0.1) is 0 Å². The van der Waals surface area contributed by atoms with E-state index in [1.165, 1.54) is 36.8 Å². The Balaban J connectivity index is 1.31. The Hall–Kier alpha value is -1.64. The van der Waals surface area contributed by atoms with Gasteiger partial charge < -0.3 is 5.11 Å². The fourth-order valence-corrected chi connectivity index (χ4v) is 5.30. The van der Waals surface area contributed by atoms with Gasteiger partial charge in [-0.25, -0.2) is 0 Å². The van der Waals surface area contributed by atoms with Gasteiger partial charge in [0.1, 0.15) is 0 Å². The minimum atomic E-state index is -0.445. The summed E-state index contributed by atoms with van der Waals surface area (Å²) in [5.41, 5.74) is 2.38. The molecule has 1 N–H and O–H groups in total. The molecule has 2 atom stereocenters. The van der Waals surface area contributed by atoms with Crippen molar-refractivity contribution in [3.8, 4) is 0 Å². The normalized spacial score (nSPS) is 28.2. The summed E-state index contributed by atoms with van der Waals surface area (Å²) >= 11 is 0. The van der Waals surface area contributed by atoms with Gasteiger partial charge in [-0.3, -0.25) is 4.90 Å². The van der Waals surface area contributed by atoms with Crippen molar-refractivity contribution in [2.24, 2.45) is 0 Å². The summed E-state index contributed by atoms with van der Waals surface area (Å²) < 4.78 is 0. The van der Waals surface area contributed by atoms with E-state index in [0.717, 1.165) is 38.6 Å². The van der Waals surface area contributed by atoms with Gasteiger partial charge >= 0.3 is 0 Å². The quantitative estimate of drug-likeness (QED) is 0.671. The van der Waals surface area contributed by atoms with Crippen molar-refractivity contribution in [1.82, 2.24) is 4.90 Å². The van der Waals surface area contributed by atoms with Gasteiger partial charge in [0.25, 0.3) is 0 Å². The summed E-state index contributed by atoms with van der Waals surface area (Å²) in [4.78, 5) is 2.69. The van der Waals surface area contributed by atoms with E-state index in [0.29, 0.717) is 12.1 Å². The molecule has 2 nitrogen and oxygen atoms in total. The van der Waals surface area contributed by atoms with E-state index in [1.54, 1.807) is 0 Å². The first-order chi connectivity index (χ1) is 13.2. The number of hydrogen-bond donors (Lipinski definition) is 1. The van der Waals surface area contributed by atoms with E-state index in [9.17, 15) is 5.11 Å². The second-order valence-electron chi connectivity index (χ2n) is 8.72. The number of rotatable bonds is 7. The lowest BCUT2D eigenvalue weighted by molar-refractivity contribution is -0.0998. The Labute approximate surface area is 164 Å². The van der Waals surface area contributed by atoms with Crippen molar-refractivity contribution in [2.75, 3.05) is 0 Å². The fourth-order valence-electron chi connectivity index (χ4n) is 5.30. The van der Waals surface area contributed by atoms with E-state index in [2.05, 4.69) is 65.6 Å². The molecule has 2 saturated heterocycles. The average Bonchev–Trinajstić information content (AvgIpc) is 2.68. The Morgan fingerprint density at radius 2 is 1.41 bits per heavy atom. The van der Waals surface area contributed by atoms with E-state index in [4.69, 9.17) is 0 Å². The summed E-state index contributed by atoms with van der Waals surface area (Å²) in [7, 11) is 0. The van der Waals surface area contributed by atoms with Gasteiger partial charge in [0, 0.05) is 18.6 Å². The Kier molecular flexibility index (Phi) is 5.95. The summed E-state index contributed by atoms with van der Waals surface area (Å²) in [6.45, 7) is 1.04. The highest BCUT2D eigenvalue weighted by molar-refractivity contribution is 5.16. The number of aryl methyl sites for hydroxylation is 1. The van der Waals surface area contributed by atoms with Gasteiger partial charge in [-0.05, 0) is 56.1 Å². The molecule has 2 aromatic rings. The van der Waals surface area contributed by atoms with E-state index >= 15 is 0 Å². The lowest BCUT2D eigenvalue weighted by Gasteiger charge is -2.52. The predicted molar refractivity (Wildman–Crippen MR) is 112 cm³/mol. The number of hydrogen-bond acceptors (Lipinski definition) is 2. The van der Waals surface area contributed by atoms with Gasteiger partial charge in [0.2, 0.25) is 0 Å². The number of piperidine rings is 2. The van der Waals surface area contributed by atoms with Crippen LogP contribution in [0.4, 0.5) is 0 Å². The monoisotopic (exact) mass is 363 g/mol. The molecular formula is C25H33NO. The van der Waals surface area contributed by atoms with E-state index in [1.807, 2.05) is 0 Å². The van der Waals surface area contributed by atoms with Crippen LogP contribution in [0.1, 0.15) is 62.5 Å². The number of fused-ring (bicyclic) bond motifs is 2. The molecule has 0 amide bonds. The third-order valence-corrected chi connectivity index (χ3v) is 6.65. The molecule has 0 aliphatic carbocycles. The van der Waals surface area contributed by atoms with Gasteiger partial charge in [-0.2, -0.15) is 0 Å². The molecular weight excluding hydrogens is 330 g/mol. The standard InChI is InChI=1S/C25H33NO/c27-25(17-8-7-12-21-10-3-1-4-11-21)18-23-15-9-16-24(19-25)26(23)20-22-13-5-2-6-14-22/h1-6,10-11,13-14,23-24,27H,7-9,12,15-20H2. The Morgan fingerprint density at radius 3 is 2.04 bits per heavy atom. The molecule has 0 saturated carbocycles. The van der Waals surface area contributed by atoms with Crippen molar-refractivity contribution in [3.05, 3.63) is 71.8 Å². The van der Waals surface area contributed by atoms with Crippen LogP contribution in [0.15, 0.2) is 60.7 Å². The number of benzene rings is 2. The molecule has 2 bridgehead atoms. The molecule has 0 aromatic heterocycles. The molecule has 2 aliphatic rings. The van der Waals surface area contributed by atoms with Crippen LogP contribution in [0.2, 0.25) is 0 Å². The second kappa shape index (κ2) is 8.58. The molecule has 2 heteroatoms. The molecule has 144 valence electrons. The summed E-state index contributed by atoms with van der Waals surface area (Å²) in [6, 6.07) is 22.7. The molecule has 4 rings (SSSR count). The van der Waals surface area contributed by atoms with Crippen LogP contribution in [-0.4, -0.2) is 27.7 Å². The molecule has 2 aromatic carbocycles. The lowest BCUT2D eigenvalue weighted by Crippen LogP contribution is -2.57. The fraction of sp³-hybridized carbons (Fsp3) is 0.520. The zero-order valence-electron chi connectivity index (χ0n) is 16.4. The maximum atomic E-state index is 11.3. The van der Waals surface area contributed by atoms with Crippen LogP contribution in [0.25, 0.3) is 0 Å². The van der Waals surface area contributed by atoms with Crippen molar-refractivity contribution >= 4 is 0 Å². The SMILES string of the molecule is OC1(CCCCc2ccccc2)CC2CCCC(C1)N2Cc1ccccc1. The predicted octanol–water partition coefficient (Wildman–Crippen LogP) is 5.35. The third-order valence-electron chi connectivity index (χ3n) is 6.65. The van der Waals surface area contributed by atoms with Crippen molar-refractivity contribution < 1.29 is 5.11 Å². The van der Waals surface area contributed by atoms with Crippen LogP contribution in [0, 0.1) is 0 Å². The largest absolute Gasteiger partial charge is 0.390 e. The van der Waals surface area contributed by atoms with Gasteiger partial charge in [0.15, 0.2) is 0 Å². The molecule has 2 unspecified atom stereocenters. The maximum absolute atomic E-state index is 11.3. The first-order valence-corrected chi connectivity index (χ1v) is 10.8. The van der Waals surface area contributed by atoms with Crippen molar-refractivity contribution in [2.45, 2.75) is 82.0 Å². The highest BCUT2D eigenvalue weighted by atomic mass is 16.3. The number of nitrogens with zero attached hydrogens (tertiary/aromatic N) is 1. The Bertz CT molecular complexity index is 685. The summed E-state index contributed by atoms with van der Waals surface area (Å²) in [5.74, 6) is 0. The Morgan fingerprint density at radius 1 is 0.815 bits per heavy atom. The van der Waals surface area contributed by atoms with Crippen molar-refractivity contribution in [3.63, 3.8) is 0 Å². The van der Waals surface area contributed by atoms with E-state index < -0.39 is 5.60 Å². The zero-order valence-corrected chi connectivity index (χ0v) is 16.4. The minimum Gasteiger partial charge on any atom is -0.390 e. The van der Waals surface area contributed by atoms with Gasteiger partial charge in [0.05, 0.1) is 5.60 Å². The second-order valence-corrected chi connectivity index (χ2v) is 8.72. The molecule has 27 heavy (non-hydrogen) atoms. The number of aliphatic hydroxyl groups is 1. The maximum Gasteiger partial charge on any atom is 0.0677 e. The van der Waals surface area contributed by atoms with Crippen LogP contribution < -0.4 is 0 Å². The molecule has 0 spiro atoms.